The van der Waals surface area contributed by atoms with Gasteiger partial charge in [0.2, 0.25) is 11.7 Å². The third-order valence-electron chi connectivity index (χ3n) is 4.13. The van der Waals surface area contributed by atoms with Crippen molar-refractivity contribution in [3.63, 3.8) is 0 Å². The van der Waals surface area contributed by atoms with Crippen LogP contribution in [0, 0.1) is 6.92 Å². The van der Waals surface area contributed by atoms with E-state index in [1.807, 2.05) is 12.1 Å². The van der Waals surface area contributed by atoms with Gasteiger partial charge in [-0.15, -0.1) is 0 Å². The van der Waals surface area contributed by atoms with Gasteiger partial charge < -0.3 is 24.8 Å². The van der Waals surface area contributed by atoms with Crippen LogP contribution in [0.1, 0.15) is 11.1 Å². The number of benzene rings is 2. The van der Waals surface area contributed by atoms with Crippen molar-refractivity contribution in [1.82, 2.24) is 9.97 Å². The van der Waals surface area contributed by atoms with E-state index in [9.17, 15) is 0 Å². The number of nitrogens with zero attached hydrogens (tertiary/aromatic N) is 2. The van der Waals surface area contributed by atoms with Crippen LogP contribution >= 0.6 is 0 Å². The number of aryl methyl sites for hydroxylation is 1. The van der Waals surface area contributed by atoms with Crippen molar-refractivity contribution in [2.24, 2.45) is 0 Å². The molecule has 3 aromatic rings. The van der Waals surface area contributed by atoms with Crippen LogP contribution in [-0.4, -0.2) is 31.3 Å². The fourth-order valence-corrected chi connectivity index (χ4v) is 2.81. The Balaban J connectivity index is 1.75. The maximum Gasteiger partial charge on any atom is 0.229 e. The van der Waals surface area contributed by atoms with Gasteiger partial charge in [-0.05, 0) is 18.6 Å². The first-order valence-corrected chi connectivity index (χ1v) is 8.82. The van der Waals surface area contributed by atoms with Gasteiger partial charge in [0, 0.05) is 30.6 Å². The largest absolute Gasteiger partial charge is 0.493 e. The average Bonchev–Trinajstić information content (AvgIpc) is 2.72. The van der Waals surface area contributed by atoms with E-state index in [-0.39, 0.29) is 0 Å². The summed E-state index contributed by atoms with van der Waals surface area (Å²) in [7, 11) is 4.72. The molecule has 1 aromatic heterocycles. The lowest BCUT2D eigenvalue weighted by Crippen LogP contribution is -2.04. The molecule has 0 spiro atoms. The SMILES string of the molecule is COc1cc(Nc2nccc(NCc3cccc(C)c3)n2)cc(OC)c1OC. The number of hydrogen-bond acceptors (Lipinski definition) is 7. The third kappa shape index (κ3) is 4.62. The molecule has 0 aliphatic rings. The molecule has 0 aliphatic heterocycles. The van der Waals surface area contributed by atoms with Crippen LogP contribution in [0.25, 0.3) is 0 Å². The fourth-order valence-electron chi connectivity index (χ4n) is 2.81. The molecule has 0 unspecified atom stereocenters. The van der Waals surface area contributed by atoms with Crippen LogP contribution in [0.3, 0.4) is 0 Å². The van der Waals surface area contributed by atoms with Gasteiger partial charge in [-0.3, -0.25) is 0 Å². The number of rotatable bonds is 8. The summed E-state index contributed by atoms with van der Waals surface area (Å²) in [5.74, 6) is 2.83. The van der Waals surface area contributed by atoms with Crippen molar-refractivity contribution in [2.75, 3.05) is 32.0 Å². The summed E-state index contributed by atoms with van der Waals surface area (Å²) in [6.07, 6.45) is 1.70. The molecule has 0 atom stereocenters. The Kier molecular flexibility index (Phi) is 6.16. The van der Waals surface area contributed by atoms with Crippen molar-refractivity contribution in [1.29, 1.82) is 0 Å². The first-order valence-electron chi connectivity index (χ1n) is 8.82. The first kappa shape index (κ1) is 19.3. The van der Waals surface area contributed by atoms with Gasteiger partial charge in [-0.2, -0.15) is 4.98 Å². The van der Waals surface area contributed by atoms with Crippen LogP contribution < -0.4 is 24.8 Å². The van der Waals surface area contributed by atoms with E-state index < -0.39 is 0 Å². The van der Waals surface area contributed by atoms with Gasteiger partial charge in [0.1, 0.15) is 5.82 Å². The van der Waals surface area contributed by atoms with Crippen LogP contribution in [0.5, 0.6) is 17.2 Å². The van der Waals surface area contributed by atoms with Gasteiger partial charge in [-0.25, -0.2) is 4.98 Å². The topological polar surface area (TPSA) is 77.5 Å². The van der Waals surface area contributed by atoms with Crippen LogP contribution in [0.2, 0.25) is 0 Å². The van der Waals surface area contributed by atoms with E-state index in [0.29, 0.717) is 29.7 Å². The molecule has 7 nitrogen and oxygen atoms in total. The molecule has 1 heterocycles. The molecule has 2 N–H and O–H groups in total. The molecular weight excluding hydrogens is 356 g/mol. The van der Waals surface area contributed by atoms with Crippen molar-refractivity contribution < 1.29 is 14.2 Å². The molecule has 2 aromatic carbocycles. The minimum atomic E-state index is 0.462. The minimum Gasteiger partial charge on any atom is -0.493 e. The lowest BCUT2D eigenvalue weighted by atomic mass is 10.1. The molecular formula is C21H24N4O3. The number of hydrogen-bond donors (Lipinski definition) is 2. The summed E-state index contributed by atoms with van der Waals surface area (Å²) >= 11 is 0. The third-order valence-corrected chi connectivity index (χ3v) is 4.13. The summed E-state index contributed by atoms with van der Waals surface area (Å²) < 4.78 is 16.1. The molecule has 3 rings (SSSR count). The normalized spacial score (nSPS) is 10.3. The highest BCUT2D eigenvalue weighted by molar-refractivity contribution is 5.66. The van der Waals surface area contributed by atoms with E-state index >= 15 is 0 Å². The standard InChI is InChI=1S/C21H24N4O3/c1-14-6-5-7-15(10-14)13-23-19-8-9-22-21(25-19)24-16-11-17(26-2)20(28-4)18(12-16)27-3/h5-12H,13H2,1-4H3,(H2,22,23,24,25). The maximum atomic E-state index is 5.38. The zero-order valence-corrected chi connectivity index (χ0v) is 16.4. The van der Waals surface area contributed by atoms with Crippen molar-refractivity contribution in [3.8, 4) is 17.2 Å². The number of nitrogens with one attached hydrogen (secondary N) is 2. The molecule has 0 radical (unpaired) electrons. The Morgan fingerprint density at radius 3 is 2.32 bits per heavy atom. The highest BCUT2D eigenvalue weighted by atomic mass is 16.5. The number of anilines is 3. The summed E-state index contributed by atoms with van der Waals surface area (Å²) in [5.41, 5.74) is 3.15. The monoisotopic (exact) mass is 380 g/mol. The van der Waals surface area contributed by atoms with Gasteiger partial charge in [0.25, 0.3) is 0 Å². The van der Waals surface area contributed by atoms with Gasteiger partial charge in [-0.1, -0.05) is 29.8 Å². The predicted molar refractivity (Wildman–Crippen MR) is 110 cm³/mol. The first-order chi connectivity index (χ1) is 13.6. The number of ether oxygens (including phenoxy) is 3. The molecule has 0 saturated carbocycles. The molecule has 0 bridgehead atoms. The van der Waals surface area contributed by atoms with Crippen LogP contribution in [0.15, 0.2) is 48.7 Å². The molecule has 146 valence electrons. The predicted octanol–water partition coefficient (Wildman–Crippen LogP) is 4.17. The summed E-state index contributed by atoms with van der Waals surface area (Å²) in [5, 5.41) is 6.49. The van der Waals surface area contributed by atoms with E-state index in [4.69, 9.17) is 14.2 Å². The second-order valence-electron chi connectivity index (χ2n) is 6.15. The smallest absolute Gasteiger partial charge is 0.229 e. The zero-order valence-electron chi connectivity index (χ0n) is 16.4. The summed E-state index contributed by atoms with van der Waals surface area (Å²) in [6.45, 7) is 2.76. The second kappa shape index (κ2) is 8.94. The summed E-state index contributed by atoms with van der Waals surface area (Å²) in [4.78, 5) is 8.80. The molecule has 7 heteroatoms. The van der Waals surface area contributed by atoms with Crippen LogP contribution in [0.4, 0.5) is 17.5 Å². The van der Waals surface area contributed by atoms with Crippen molar-refractivity contribution in [3.05, 3.63) is 59.8 Å². The van der Waals surface area contributed by atoms with E-state index in [1.165, 1.54) is 11.1 Å². The Bertz CT molecular complexity index is 921. The van der Waals surface area contributed by atoms with Crippen molar-refractivity contribution >= 4 is 17.5 Å². The lowest BCUT2D eigenvalue weighted by Gasteiger charge is -2.15. The molecule has 0 fully saturated rings. The Morgan fingerprint density at radius 2 is 1.68 bits per heavy atom. The molecule has 0 aliphatic carbocycles. The highest BCUT2D eigenvalue weighted by Gasteiger charge is 2.13. The summed E-state index contributed by atoms with van der Waals surface area (Å²) in [6, 6.07) is 13.8. The van der Waals surface area contributed by atoms with Crippen molar-refractivity contribution in [2.45, 2.75) is 13.5 Å². The van der Waals surface area contributed by atoms with Gasteiger partial charge >= 0.3 is 0 Å². The van der Waals surface area contributed by atoms with E-state index in [0.717, 1.165) is 11.5 Å². The molecule has 0 amide bonds. The Morgan fingerprint density at radius 1 is 0.929 bits per heavy atom. The van der Waals surface area contributed by atoms with E-state index in [1.54, 1.807) is 39.7 Å². The molecule has 0 saturated heterocycles. The number of methoxy groups -OCH3 is 3. The molecule has 28 heavy (non-hydrogen) atoms. The number of aromatic nitrogens is 2. The van der Waals surface area contributed by atoms with Gasteiger partial charge in [0.15, 0.2) is 11.5 Å². The second-order valence-corrected chi connectivity index (χ2v) is 6.15. The quantitative estimate of drug-likeness (QED) is 0.607. The van der Waals surface area contributed by atoms with Crippen LogP contribution in [-0.2, 0) is 6.54 Å². The highest BCUT2D eigenvalue weighted by Crippen LogP contribution is 2.40. The average molecular weight is 380 g/mol. The lowest BCUT2D eigenvalue weighted by molar-refractivity contribution is 0.324. The minimum absolute atomic E-state index is 0.462. The Labute approximate surface area is 164 Å². The fraction of sp³-hybridized carbons (Fsp3) is 0.238. The van der Waals surface area contributed by atoms with E-state index in [2.05, 4.69) is 45.7 Å². The van der Waals surface area contributed by atoms with Gasteiger partial charge in [0.05, 0.1) is 21.3 Å². The maximum absolute atomic E-state index is 5.38. The zero-order chi connectivity index (χ0) is 19.9. The Hall–Kier alpha value is -3.48.